The molecule has 0 unspecified atom stereocenters. The summed E-state index contributed by atoms with van der Waals surface area (Å²) in [6, 6.07) is 20.7. The topological polar surface area (TPSA) is 67.4 Å². The predicted molar refractivity (Wildman–Crippen MR) is 114 cm³/mol. The molecular weight excluding hydrogens is 444 g/mol. The van der Waals surface area contributed by atoms with Crippen LogP contribution >= 0.6 is 27.5 Å². The Hall–Kier alpha value is -2.83. The van der Waals surface area contributed by atoms with Crippen molar-refractivity contribution in [2.45, 2.75) is 0 Å². The van der Waals surface area contributed by atoms with E-state index < -0.39 is 0 Å². The van der Waals surface area contributed by atoms with Crippen LogP contribution < -0.4 is 15.4 Å². The van der Waals surface area contributed by atoms with Crippen LogP contribution in [0.1, 0.15) is 10.4 Å². The van der Waals surface area contributed by atoms with Crippen LogP contribution in [0.2, 0.25) is 5.02 Å². The van der Waals surface area contributed by atoms with Crippen molar-refractivity contribution in [2.75, 3.05) is 17.2 Å². The van der Waals surface area contributed by atoms with Crippen LogP contribution in [-0.4, -0.2) is 18.4 Å². The maximum atomic E-state index is 12.4. The standard InChI is InChI=1S/C21H16BrClN2O3/c22-15-7-9-19(10-8-15)28-13-20(26)24-17-5-1-3-14(11-17)21(27)25-18-6-2-4-16(23)12-18/h1-12H,13H2,(H,24,26)(H,25,27). The molecule has 0 aliphatic carbocycles. The molecule has 0 aliphatic heterocycles. The molecule has 3 aromatic rings. The van der Waals surface area contributed by atoms with Gasteiger partial charge in [-0.2, -0.15) is 0 Å². The van der Waals surface area contributed by atoms with Crippen LogP contribution in [0, 0.1) is 0 Å². The Morgan fingerprint density at radius 3 is 2.29 bits per heavy atom. The van der Waals surface area contributed by atoms with E-state index in [2.05, 4.69) is 26.6 Å². The molecule has 5 nitrogen and oxygen atoms in total. The van der Waals surface area contributed by atoms with Crippen molar-refractivity contribution in [3.63, 3.8) is 0 Å². The van der Waals surface area contributed by atoms with Crippen molar-refractivity contribution in [2.24, 2.45) is 0 Å². The Kier molecular flexibility index (Phi) is 6.68. The van der Waals surface area contributed by atoms with E-state index in [0.29, 0.717) is 27.7 Å². The molecule has 0 heterocycles. The molecule has 2 amide bonds. The van der Waals surface area contributed by atoms with Crippen molar-refractivity contribution in [1.82, 2.24) is 0 Å². The molecule has 0 fully saturated rings. The van der Waals surface area contributed by atoms with Crippen LogP contribution in [0.4, 0.5) is 11.4 Å². The molecule has 0 radical (unpaired) electrons. The number of hydrogen-bond acceptors (Lipinski definition) is 3. The molecule has 0 aromatic heterocycles. The van der Waals surface area contributed by atoms with Gasteiger partial charge in [0.2, 0.25) is 0 Å². The molecule has 0 saturated carbocycles. The third-order valence-electron chi connectivity index (χ3n) is 3.67. The largest absolute Gasteiger partial charge is 0.484 e. The van der Waals surface area contributed by atoms with Gasteiger partial charge in [0.1, 0.15) is 5.75 Å². The average molecular weight is 460 g/mol. The number of hydrogen-bond donors (Lipinski definition) is 2. The van der Waals surface area contributed by atoms with Crippen LogP contribution in [0.5, 0.6) is 5.75 Å². The van der Waals surface area contributed by atoms with Gasteiger partial charge >= 0.3 is 0 Å². The summed E-state index contributed by atoms with van der Waals surface area (Å²) in [5, 5.41) is 6.02. The van der Waals surface area contributed by atoms with Gasteiger partial charge in [0.15, 0.2) is 6.61 Å². The molecule has 0 saturated heterocycles. The Balaban J connectivity index is 1.58. The molecule has 28 heavy (non-hydrogen) atoms. The second-order valence-corrected chi connectivity index (χ2v) is 7.19. The fourth-order valence-corrected chi connectivity index (χ4v) is 2.84. The maximum Gasteiger partial charge on any atom is 0.262 e. The SMILES string of the molecule is O=C(COc1ccc(Br)cc1)Nc1cccc(C(=O)Nc2cccc(Cl)c2)c1. The molecule has 3 aromatic carbocycles. The first-order chi connectivity index (χ1) is 13.5. The van der Waals surface area contributed by atoms with Crippen molar-refractivity contribution in [3.05, 3.63) is 87.9 Å². The molecular formula is C21H16BrClN2O3. The number of benzene rings is 3. The first-order valence-electron chi connectivity index (χ1n) is 8.35. The van der Waals surface area contributed by atoms with Crippen molar-refractivity contribution in [1.29, 1.82) is 0 Å². The van der Waals surface area contributed by atoms with Gasteiger partial charge in [-0.15, -0.1) is 0 Å². The molecule has 142 valence electrons. The fourth-order valence-electron chi connectivity index (χ4n) is 2.38. The van der Waals surface area contributed by atoms with Crippen LogP contribution in [0.3, 0.4) is 0 Å². The summed E-state index contributed by atoms with van der Waals surface area (Å²) in [5.41, 5.74) is 1.50. The second kappa shape index (κ2) is 9.39. The van der Waals surface area contributed by atoms with E-state index in [-0.39, 0.29) is 18.4 Å². The third kappa shape index (κ3) is 5.84. The number of amides is 2. The van der Waals surface area contributed by atoms with E-state index >= 15 is 0 Å². The molecule has 2 N–H and O–H groups in total. The highest BCUT2D eigenvalue weighted by Crippen LogP contribution is 2.18. The summed E-state index contributed by atoms with van der Waals surface area (Å²) >= 11 is 9.26. The lowest BCUT2D eigenvalue weighted by Crippen LogP contribution is -2.20. The number of anilines is 2. The van der Waals surface area contributed by atoms with Gasteiger partial charge in [-0.1, -0.05) is 39.7 Å². The highest BCUT2D eigenvalue weighted by Gasteiger charge is 2.09. The summed E-state index contributed by atoms with van der Waals surface area (Å²) in [6.07, 6.45) is 0. The number of halogens is 2. The highest BCUT2D eigenvalue weighted by molar-refractivity contribution is 9.10. The number of ether oxygens (including phenoxy) is 1. The first kappa shape index (κ1) is 19.9. The first-order valence-corrected chi connectivity index (χ1v) is 9.52. The highest BCUT2D eigenvalue weighted by atomic mass is 79.9. The van der Waals surface area contributed by atoms with Gasteiger partial charge < -0.3 is 15.4 Å². The van der Waals surface area contributed by atoms with E-state index in [9.17, 15) is 9.59 Å². The summed E-state index contributed by atoms with van der Waals surface area (Å²) in [5.74, 6) is -0.0344. The van der Waals surface area contributed by atoms with Gasteiger partial charge in [-0.05, 0) is 60.7 Å². The van der Waals surface area contributed by atoms with E-state index in [1.54, 1.807) is 60.7 Å². The van der Waals surface area contributed by atoms with Crippen molar-refractivity contribution < 1.29 is 14.3 Å². The molecule has 0 spiro atoms. The second-order valence-electron chi connectivity index (χ2n) is 5.84. The maximum absolute atomic E-state index is 12.4. The minimum absolute atomic E-state index is 0.138. The fraction of sp³-hybridized carbons (Fsp3) is 0.0476. The minimum atomic E-state index is -0.324. The zero-order valence-electron chi connectivity index (χ0n) is 14.6. The lowest BCUT2D eigenvalue weighted by molar-refractivity contribution is -0.118. The van der Waals surface area contributed by atoms with Gasteiger partial charge in [-0.3, -0.25) is 9.59 Å². The lowest BCUT2D eigenvalue weighted by Gasteiger charge is -2.10. The molecule has 0 atom stereocenters. The van der Waals surface area contributed by atoms with E-state index in [1.165, 1.54) is 0 Å². The van der Waals surface area contributed by atoms with E-state index in [1.807, 2.05) is 12.1 Å². The number of rotatable bonds is 6. The smallest absolute Gasteiger partial charge is 0.262 e. The van der Waals surface area contributed by atoms with Gasteiger partial charge in [0.25, 0.3) is 11.8 Å². The predicted octanol–water partition coefficient (Wildman–Crippen LogP) is 5.37. The average Bonchev–Trinajstić information content (AvgIpc) is 2.68. The van der Waals surface area contributed by atoms with Gasteiger partial charge in [0.05, 0.1) is 0 Å². The Morgan fingerprint density at radius 2 is 1.57 bits per heavy atom. The summed E-state index contributed by atoms with van der Waals surface area (Å²) in [6.45, 7) is -0.138. The van der Waals surface area contributed by atoms with E-state index in [0.717, 1.165) is 4.47 Å². The molecule has 0 bridgehead atoms. The molecule has 0 aliphatic rings. The monoisotopic (exact) mass is 458 g/mol. The zero-order valence-corrected chi connectivity index (χ0v) is 17.0. The Morgan fingerprint density at radius 1 is 0.893 bits per heavy atom. The van der Waals surface area contributed by atoms with Crippen LogP contribution in [0.15, 0.2) is 77.3 Å². The lowest BCUT2D eigenvalue weighted by atomic mass is 10.2. The molecule has 7 heteroatoms. The van der Waals surface area contributed by atoms with E-state index in [4.69, 9.17) is 16.3 Å². The minimum Gasteiger partial charge on any atom is -0.484 e. The Labute approximate surface area is 175 Å². The number of carbonyl (C=O) groups excluding carboxylic acids is 2. The normalized spacial score (nSPS) is 10.2. The third-order valence-corrected chi connectivity index (χ3v) is 4.44. The number of carbonyl (C=O) groups is 2. The Bertz CT molecular complexity index is 993. The van der Waals surface area contributed by atoms with Gasteiger partial charge in [-0.25, -0.2) is 0 Å². The zero-order chi connectivity index (χ0) is 19.9. The summed E-state index contributed by atoms with van der Waals surface area (Å²) in [7, 11) is 0. The van der Waals surface area contributed by atoms with Crippen LogP contribution in [0.25, 0.3) is 0 Å². The van der Waals surface area contributed by atoms with Crippen molar-refractivity contribution >= 4 is 50.7 Å². The van der Waals surface area contributed by atoms with Gasteiger partial charge in [0, 0.05) is 26.4 Å². The summed E-state index contributed by atoms with van der Waals surface area (Å²) < 4.78 is 6.37. The van der Waals surface area contributed by atoms with Crippen molar-refractivity contribution in [3.8, 4) is 5.75 Å². The number of nitrogens with one attached hydrogen (secondary N) is 2. The van der Waals surface area contributed by atoms with Crippen LogP contribution in [-0.2, 0) is 4.79 Å². The summed E-state index contributed by atoms with van der Waals surface area (Å²) in [4.78, 5) is 24.5. The molecule has 3 rings (SSSR count). The quantitative estimate of drug-likeness (QED) is 0.520.